The second kappa shape index (κ2) is 20.6. The van der Waals surface area contributed by atoms with Crippen LogP contribution in [0.5, 0.6) is 0 Å². The van der Waals surface area contributed by atoms with Gasteiger partial charge in [-0.1, -0.05) is 30.4 Å². The molecule has 0 fully saturated rings. The fourth-order valence-corrected chi connectivity index (χ4v) is 10.3. The fourth-order valence-electron chi connectivity index (χ4n) is 8.08. The highest BCUT2D eigenvalue weighted by Crippen LogP contribution is 2.51. The number of rotatable bonds is 24. The first-order chi connectivity index (χ1) is 28.9. The number of benzene rings is 2. The van der Waals surface area contributed by atoms with Crippen molar-refractivity contribution in [1.82, 2.24) is 0 Å². The third-order valence-corrected chi connectivity index (χ3v) is 15.0. The number of unbranched alkanes of at least 4 members (excludes halogenated alkanes) is 2. The molecule has 2 aromatic carbocycles. The van der Waals surface area contributed by atoms with Gasteiger partial charge < -0.3 is 14.7 Å². The third-order valence-electron chi connectivity index (χ3n) is 11.2. The van der Waals surface area contributed by atoms with E-state index in [0.717, 1.165) is 7.11 Å². The number of methoxy groups -OCH3 is 1. The van der Waals surface area contributed by atoms with E-state index in [-0.39, 0.29) is 54.3 Å². The van der Waals surface area contributed by atoms with Crippen LogP contribution in [0.3, 0.4) is 0 Å². The summed E-state index contributed by atoms with van der Waals surface area (Å²) in [6.45, 7) is 4.74. The summed E-state index contributed by atoms with van der Waals surface area (Å²) in [6, 6.07) is 8.47. The van der Waals surface area contributed by atoms with Crippen molar-refractivity contribution in [2.45, 2.75) is 85.8 Å². The first-order valence-electron chi connectivity index (χ1n) is 19.7. The number of nitrogens with zero attached hydrogens (tertiary/aromatic N) is 2. The summed E-state index contributed by atoms with van der Waals surface area (Å²) in [4.78, 5) is 12.4. The molecule has 0 saturated heterocycles. The SMILES string of the molecule is COCCN1C(=CC=CC=CC=CC2=[N+](CCCCCC(=O)O)c3ccc(S(=O)(=O)O)cc3C2(C)CCCS(=O)(=O)OC)C(C)(CCCS(=O)(=O)O)c2cc(S(=O)(=O)O)ccc21. The summed E-state index contributed by atoms with van der Waals surface area (Å²) in [7, 11) is -14.7. The number of carboxylic acid groups (broad SMARTS) is 1. The van der Waals surface area contributed by atoms with Crippen molar-refractivity contribution >= 4 is 63.5 Å². The second-order valence-corrected chi connectivity index (χ2v) is 21.7. The summed E-state index contributed by atoms with van der Waals surface area (Å²) in [5.74, 6) is -1.73. The third kappa shape index (κ3) is 12.8. The van der Waals surface area contributed by atoms with Crippen molar-refractivity contribution in [1.29, 1.82) is 0 Å². The Labute approximate surface area is 364 Å². The molecule has 2 aromatic rings. The molecule has 4 rings (SSSR count). The predicted molar refractivity (Wildman–Crippen MR) is 234 cm³/mol. The van der Waals surface area contributed by atoms with Gasteiger partial charge in [0, 0.05) is 61.0 Å². The zero-order valence-corrected chi connectivity index (χ0v) is 38.3. The molecular formula is C41H55N2O15S4+. The molecule has 4 N–H and O–H groups in total. The lowest BCUT2D eigenvalue weighted by molar-refractivity contribution is -0.438. The van der Waals surface area contributed by atoms with E-state index in [9.17, 15) is 52.1 Å². The van der Waals surface area contributed by atoms with Gasteiger partial charge in [0.05, 0.1) is 40.4 Å². The Balaban J connectivity index is 1.74. The van der Waals surface area contributed by atoms with Gasteiger partial charge in [-0.15, -0.1) is 0 Å². The van der Waals surface area contributed by atoms with Crippen molar-refractivity contribution in [3.63, 3.8) is 0 Å². The van der Waals surface area contributed by atoms with Crippen LogP contribution >= 0.6 is 0 Å². The standard InChI is InChI=1S/C41H54N2O15S4/c1-40(22-13-27-59(46,47)48)34-30-32(62(54,55)56)19-21-36(34)43(25-26-57-3)38(40)16-10-7-5-6-9-15-37-41(2,23-14-28-60(49,50)58-4)33-29-31(61(51,52)53)18-20-35(33)42(37)24-12-8-11-17-39(44)45/h5-7,9-10,15-16,18-21,29-30H,8,11-14,17,22-28H2,1-4H3,(H3-,44,45,46,47,48,51,52,53,54,55,56)/p+1. The molecule has 2 aliphatic heterocycles. The molecule has 62 heavy (non-hydrogen) atoms. The summed E-state index contributed by atoms with van der Waals surface area (Å²) in [5.41, 5.74) is 1.87. The zero-order chi connectivity index (χ0) is 46.1. The number of carboxylic acids is 1. The van der Waals surface area contributed by atoms with Crippen LogP contribution in [0.15, 0.2) is 94.4 Å². The van der Waals surface area contributed by atoms with Crippen molar-refractivity contribution in [2.24, 2.45) is 0 Å². The average Bonchev–Trinajstić information content (AvgIpc) is 3.54. The maximum atomic E-state index is 12.3. The van der Waals surface area contributed by atoms with Crippen molar-refractivity contribution in [2.75, 3.05) is 50.3 Å². The molecule has 0 saturated carbocycles. The molecule has 0 bridgehead atoms. The molecule has 2 atom stereocenters. The van der Waals surface area contributed by atoms with Gasteiger partial charge >= 0.3 is 5.97 Å². The normalized spacial score (nSPS) is 20.4. The molecule has 342 valence electrons. The highest BCUT2D eigenvalue weighted by Gasteiger charge is 2.48. The van der Waals surface area contributed by atoms with Crippen LogP contribution in [0.2, 0.25) is 0 Å². The van der Waals surface area contributed by atoms with Crippen molar-refractivity contribution in [3.8, 4) is 0 Å². The Bertz CT molecular complexity index is 2600. The Hall–Kier alpha value is -4.06. The molecule has 0 spiro atoms. The van der Waals surface area contributed by atoms with Gasteiger partial charge in [-0.05, 0) is 94.3 Å². The molecule has 21 heteroatoms. The number of hydrogen-bond acceptors (Lipinski definition) is 12. The average molecular weight is 944 g/mol. The van der Waals surface area contributed by atoms with E-state index in [2.05, 4.69) is 4.18 Å². The van der Waals surface area contributed by atoms with Crippen LogP contribution in [0.25, 0.3) is 0 Å². The monoisotopic (exact) mass is 943 g/mol. The Kier molecular flexibility index (Phi) is 16.8. The minimum atomic E-state index is -4.59. The van der Waals surface area contributed by atoms with E-state index < -0.39 is 63.0 Å². The molecule has 2 aliphatic rings. The summed E-state index contributed by atoms with van der Waals surface area (Å²) in [5, 5.41) is 9.12. The van der Waals surface area contributed by atoms with Gasteiger partial charge in [-0.2, -0.15) is 38.2 Å². The van der Waals surface area contributed by atoms with Gasteiger partial charge in [0.25, 0.3) is 40.5 Å². The molecule has 0 amide bonds. The topological polar surface area (TPSA) is 259 Å². The largest absolute Gasteiger partial charge is 0.481 e. The quantitative estimate of drug-likeness (QED) is 0.0329. The fraction of sp³-hybridized carbons (Fsp3) is 0.463. The van der Waals surface area contributed by atoms with Crippen LogP contribution in [-0.4, -0.2) is 114 Å². The molecule has 0 aliphatic carbocycles. The van der Waals surface area contributed by atoms with Crippen LogP contribution in [0.1, 0.15) is 76.3 Å². The number of allylic oxidation sites excluding steroid dienone is 8. The Morgan fingerprint density at radius 1 is 0.742 bits per heavy atom. The van der Waals surface area contributed by atoms with Crippen LogP contribution in [0.4, 0.5) is 11.4 Å². The molecule has 17 nitrogen and oxygen atoms in total. The number of aliphatic carboxylic acids is 1. The smallest absolute Gasteiger partial charge is 0.303 e. The summed E-state index contributed by atoms with van der Waals surface area (Å²) < 4.78 is 138. The van der Waals surface area contributed by atoms with Gasteiger partial charge in [0.2, 0.25) is 5.69 Å². The number of ether oxygens (including phenoxy) is 1. The number of hydrogen-bond donors (Lipinski definition) is 4. The van der Waals surface area contributed by atoms with Gasteiger partial charge in [0.15, 0.2) is 5.71 Å². The van der Waals surface area contributed by atoms with Crippen molar-refractivity contribution in [3.05, 3.63) is 95.8 Å². The molecular weight excluding hydrogens is 889 g/mol. The number of anilines is 1. The summed E-state index contributed by atoms with van der Waals surface area (Å²) in [6.07, 6.45) is 14.6. The molecule has 0 radical (unpaired) electrons. The minimum absolute atomic E-state index is 0.00579. The lowest BCUT2D eigenvalue weighted by atomic mass is 9.76. The molecule has 2 unspecified atom stereocenters. The van der Waals surface area contributed by atoms with Gasteiger partial charge in [-0.25, -0.2) is 0 Å². The maximum Gasteiger partial charge on any atom is 0.303 e. The minimum Gasteiger partial charge on any atom is -0.481 e. The highest BCUT2D eigenvalue weighted by atomic mass is 32.2. The van der Waals surface area contributed by atoms with Crippen molar-refractivity contribution < 1.29 is 70.7 Å². The van der Waals surface area contributed by atoms with E-state index in [1.165, 1.54) is 31.4 Å². The maximum absolute atomic E-state index is 12.3. The number of carbonyl (C=O) groups is 1. The molecule has 0 aromatic heterocycles. The Morgan fingerprint density at radius 3 is 1.95 bits per heavy atom. The van der Waals surface area contributed by atoms with Crippen LogP contribution < -0.4 is 4.90 Å². The Morgan fingerprint density at radius 2 is 1.34 bits per heavy atom. The lowest BCUT2D eigenvalue weighted by Gasteiger charge is -2.30. The second-order valence-electron chi connectivity index (χ2n) is 15.5. The van der Waals surface area contributed by atoms with Crippen LogP contribution in [-0.2, 0) is 65.0 Å². The van der Waals surface area contributed by atoms with E-state index in [1.807, 2.05) is 29.4 Å². The first kappa shape index (κ1) is 50.6. The summed E-state index contributed by atoms with van der Waals surface area (Å²) >= 11 is 0. The van der Waals surface area contributed by atoms with E-state index >= 15 is 0 Å². The zero-order valence-electron chi connectivity index (χ0n) is 35.0. The lowest BCUT2D eigenvalue weighted by Crippen LogP contribution is -2.32. The van der Waals surface area contributed by atoms with E-state index in [4.69, 9.17) is 9.84 Å². The van der Waals surface area contributed by atoms with E-state index in [1.54, 1.807) is 48.6 Å². The number of fused-ring (bicyclic) bond motifs is 2. The molecule has 2 heterocycles. The predicted octanol–water partition coefficient (Wildman–Crippen LogP) is 5.58. The van der Waals surface area contributed by atoms with Gasteiger partial charge in [0.1, 0.15) is 6.54 Å². The highest BCUT2D eigenvalue weighted by molar-refractivity contribution is 7.87. The van der Waals surface area contributed by atoms with E-state index in [0.29, 0.717) is 66.3 Å². The van der Waals surface area contributed by atoms with Gasteiger partial charge in [-0.3, -0.25) is 22.6 Å². The van der Waals surface area contributed by atoms with Crippen LogP contribution in [0, 0.1) is 0 Å². The first-order valence-corrected chi connectivity index (χ1v) is 25.8.